The molecule has 2 nitrogen and oxygen atoms in total. The van der Waals surface area contributed by atoms with E-state index < -0.39 is 0 Å². The van der Waals surface area contributed by atoms with Gasteiger partial charge in [-0.05, 0) is 44.4 Å². The van der Waals surface area contributed by atoms with E-state index in [0.717, 1.165) is 23.2 Å². The van der Waals surface area contributed by atoms with Crippen molar-refractivity contribution < 1.29 is 0 Å². The Bertz CT molecular complexity index is 402. The lowest BCUT2D eigenvalue weighted by Gasteiger charge is -2.31. The van der Waals surface area contributed by atoms with Crippen molar-refractivity contribution in [3.8, 4) is 0 Å². The van der Waals surface area contributed by atoms with Crippen LogP contribution in [-0.2, 0) is 13.5 Å². The molecule has 0 spiro atoms. The monoisotopic (exact) mass is 318 g/mol. The number of alkyl halides is 1. The zero-order valence-corrected chi connectivity index (χ0v) is 13.1. The molecule has 1 aliphatic rings. The van der Waals surface area contributed by atoms with Crippen molar-refractivity contribution in [2.24, 2.45) is 18.9 Å². The lowest BCUT2D eigenvalue weighted by Crippen LogP contribution is -2.25. The molecule has 0 aliphatic heterocycles. The fourth-order valence-electron chi connectivity index (χ4n) is 2.84. The molecule has 2 rings (SSSR count). The first-order chi connectivity index (χ1) is 7.99. The lowest BCUT2D eigenvalue weighted by molar-refractivity contribution is 0.294. The number of halogens is 2. The highest BCUT2D eigenvalue weighted by molar-refractivity contribution is 9.09. The van der Waals surface area contributed by atoms with Crippen LogP contribution >= 0.6 is 27.5 Å². The van der Waals surface area contributed by atoms with Gasteiger partial charge in [-0.15, -0.1) is 0 Å². The molecule has 17 heavy (non-hydrogen) atoms. The minimum absolute atomic E-state index is 0.634. The first-order valence-electron chi connectivity index (χ1n) is 6.31. The predicted octanol–water partition coefficient (Wildman–Crippen LogP) is 4.12. The highest BCUT2D eigenvalue weighted by Gasteiger charge is 2.28. The smallest absolute Gasteiger partial charge is 0.130 e. The molecule has 3 unspecified atom stereocenters. The molecule has 1 aromatic rings. The average molecular weight is 320 g/mol. The third kappa shape index (κ3) is 2.87. The second-order valence-corrected chi connectivity index (χ2v) is 6.91. The summed E-state index contributed by atoms with van der Waals surface area (Å²) in [5, 5.41) is 5.20. The second-order valence-electron chi connectivity index (χ2n) is 5.38. The number of nitrogens with zero attached hydrogens (tertiary/aromatic N) is 2. The Hall–Kier alpha value is -0.0200. The van der Waals surface area contributed by atoms with Gasteiger partial charge in [0.2, 0.25) is 0 Å². The fraction of sp³-hybridized carbons (Fsp3) is 0.769. The first kappa shape index (κ1) is 13.4. The molecule has 1 aliphatic carbocycles. The van der Waals surface area contributed by atoms with E-state index in [0.29, 0.717) is 10.7 Å². The standard InChI is InChI=1S/C13H20BrClN2/c1-8-4-5-12(14)10(6-8)7-11-9(2)16-17(3)13(11)15/h8,10,12H,4-7H2,1-3H3. The highest BCUT2D eigenvalue weighted by Crippen LogP contribution is 2.37. The number of hydrogen-bond donors (Lipinski definition) is 0. The van der Waals surface area contributed by atoms with Crippen LogP contribution in [0.4, 0.5) is 0 Å². The number of hydrogen-bond acceptors (Lipinski definition) is 1. The van der Waals surface area contributed by atoms with Gasteiger partial charge in [0.05, 0.1) is 5.69 Å². The third-order valence-corrected chi connectivity index (χ3v) is 5.57. The molecule has 1 aromatic heterocycles. The minimum atomic E-state index is 0.634. The van der Waals surface area contributed by atoms with Gasteiger partial charge < -0.3 is 0 Å². The van der Waals surface area contributed by atoms with Crippen LogP contribution in [0.3, 0.4) is 0 Å². The molecule has 0 bridgehead atoms. The van der Waals surface area contributed by atoms with Crippen molar-refractivity contribution in [2.75, 3.05) is 0 Å². The number of rotatable bonds is 2. The van der Waals surface area contributed by atoms with Crippen LogP contribution in [0.25, 0.3) is 0 Å². The van der Waals surface area contributed by atoms with Gasteiger partial charge in [0.1, 0.15) is 5.15 Å². The summed E-state index contributed by atoms with van der Waals surface area (Å²) < 4.78 is 1.78. The third-order valence-electron chi connectivity index (χ3n) is 3.89. The summed E-state index contributed by atoms with van der Waals surface area (Å²) in [6.45, 7) is 4.40. The van der Waals surface area contributed by atoms with Crippen molar-refractivity contribution in [1.29, 1.82) is 0 Å². The summed E-state index contributed by atoms with van der Waals surface area (Å²) in [7, 11) is 1.91. The average Bonchev–Trinajstić information content (AvgIpc) is 2.50. The molecule has 0 amide bonds. The van der Waals surface area contributed by atoms with Crippen molar-refractivity contribution in [3.63, 3.8) is 0 Å². The van der Waals surface area contributed by atoms with Crippen molar-refractivity contribution in [3.05, 3.63) is 16.4 Å². The molecule has 1 saturated carbocycles. The Labute approximate surface area is 117 Å². The molecule has 0 N–H and O–H groups in total. The first-order valence-corrected chi connectivity index (χ1v) is 7.60. The Morgan fingerprint density at radius 2 is 2.18 bits per heavy atom. The molecule has 0 saturated heterocycles. The van der Waals surface area contributed by atoms with Gasteiger partial charge in [0.15, 0.2) is 0 Å². The van der Waals surface area contributed by atoms with Crippen LogP contribution in [0.15, 0.2) is 0 Å². The zero-order valence-electron chi connectivity index (χ0n) is 10.7. The quantitative estimate of drug-likeness (QED) is 0.750. The molecule has 96 valence electrons. The van der Waals surface area contributed by atoms with Crippen molar-refractivity contribution >= 4 is 27.5 Å². The molecule has 0 aromatic carbocycles. The number of aromatic nitrogens is 2. The second kappa shape index (κ2) is 5.31. The largest absolute Gasteiger partial charge is 0.257 e. The van der Waals surface area contributed by atoms with E-state index in [1.165, 1.54) is 24.8 Å². The Morgan fingerprint density at radius 3 is 2.76 bits per heavy atom. The predicted molar refractivity (Wildman–Crippen MR) is 75.9 cm³/mol. The summed E-state index contributed by atoms with van der Waals surface area (Å²) in [5.74, 6) is 1.53. The summed E-state index contributed by atoms with van der Waals surface area (Å²) in [4.78, 5) is 0.634. The van der Waals surface area contributed by atoms with E-state index in [-0.39, 0.29) is 0 Å². The molecule has 4 heteroatoms. The van der Waals surface area contributed by atoms with Crippen LogP contribution in [0.1, 0.15) is 37.4 Å². The van der Waals surface area contributed by atoms with Gasteiger partial charge in [-0.2, -0.15) is 5.10 Å². The molecule has 3 atom stereocenters. The van der Waals surface area contributed by atoms with Gasteiger partial charge in [0.25, 0.3) is 0 Å². The lowest BCUT2D eigenvalue weighted by atomic mass is 9.79. The SMILES string of the molecule is Cc1nn(C)c(Cl)c1CC1CC(C)CCC1Br. The van der Waals surface area contributed by atoms with Crippen LogP contribution in [-0.4, -0.2) is 14.6 Å². The summed E-state index contributed by atoms with van der Waals surface area (Å²) >= 11 is 10.1. The van der Waals surface area contributed by atoms with E-state index in [2.05, 4.69) is 34.9 Å². The summed E-state index contributed by atoms with van der Waals surface area (Å²) in [6.07, 6.45) is 4.97. The maximum atomic E-state index is 6.30. The van der Waals surface area contributed by atoms with E-state index in [1.807, 2.05) is 7.05 Å². The van der Waals surface area contributed by atoms with E-state index in [4.69, 9.17) is 11.6 Å². The van der Waals surface area contributed by atoms with Crippen LogP contribution < -0.4 is 0 Å². The molecular formula is C13H20BrClN2. The van der Waals surface area contributed by atoms with Crippen LogP contribution in [0.2, 0.25) is 5.15 Å². The van der Waals surface area contributed by atoms with E-state index in [9.17, 15) is 0 Å². The van der Waals surface area contributed by atoms with Gasteiger partial charge in [-0.25, -0.2) is 0 Å². The minimum Gasteiger partial charge on any atom is -0.257 e. The molecular weight excluding hydrogens is 300 g/mol. The summed E-state index contributed by atoms with van der Waals surface area (Å²) in [5.41, 5.74) is 2.31. The van der Waals surface area contributed by atoms with Crippen LogP contribution in [0.5, 0.6) is 0 Å². The fourth-order valence-corrected chi connectivity index (χ4v) is 3.76. The normalized spacial score (nSPS) is 29.6. The maximum Gasteiger partial charge on any atom is 0.130 e. The van der Waals surface area contributed by atoms with Crippen LogP contribution in [0, 0.1) is 18.8 Å². The zero-order chi connectivity index (χ0) is 12.6. The van der Waals surface area contributed by atoms with Gasteiger partial charge >= 0.3 is 0 Å². The van der Waals surface area contributed by atoms with Crippen molar-refractivity contribution in [2.45, 2.75) is 44.4 Å². The molecule has 1 heterocycles. The topological polar surface area (TPSA) is 17.8 Å². The summed E-state index contributed by atoms with van der Waals surface area (Å²) in [6, 6.07) is 0. The Balaban J connectivity index is 2.14. The van der Waals surface area contributed by atoms with E-state index in [1.54, 1.807) is 4.68 Å². The molecule has 1 fully saturated rings. The van der Waals surface area contributed by atoms with E-state index >= 15 is 0 Å². The van der Waals surface area contributed by atoms with Crippen molar-refractivity contribution in [1.82, 2.24) is 9.78 Å². The Kier molecular flexibility index (Phi) is 4.19. The highest BCUT2D eigenvalue weighted by atomic mass is 79.9. The maximum absolute atomic E-state index is 6.30. The molecule has 0 radical (unpaired) electrons. The van der Waals surface area contributed by atoms with Gasteiger partial charge in [0, 0.05) is 17.4 Å². The van der Waals surface area contributed by atoms with Gasteiger partial charge in [-0.3, -0.25) is 4.68 Å². The number of aryl methyl sites for hydroxylation is 2. The van der Waals surface area contributed by atoms with Gasteiger partial charge in [-0.1, -0.05) is 34.5 Å². The Morgan fingerprint density at radius 1 is 1.47 bits per heavy atom.